The Kier molecular flexibility index (Phi) is 1.38. The lowest BCUT2D eigenvalue weighted by Crippen LogP contribution is -2.42. The predicted molar refractivity (Wildman–Crippen MR) is 28.9 cm³/mol. The highest BCUT2D eigenvalue weighted by Crippen LogP contribution is 2.05. The first-order valence-corrected chi connectivity index (χ1v) is 2.49. The van der Waals surface area contributed by atoms with E-state index in [1.165, 1.54) is 0 Å². The molecule has 0 saturated carbocycles. The molecule has 0 spiro atoms. The summed E-state index contributed by atoms with van der Waals surface area (Å²) in [6.45, 7) is -0.227. The van der Waals surface area contributed by atoms with Crippen molar-refractivity contribution in [3.05, 3.63) is 11.6 Å². The van der Waals surface area contributed by atoms with E-state index in [-0.39, 0.29) is 6.67 Å². The van der Waals surface area contributed by atoms with Crippen LogP contribution in [0, 0.1) is 0 Å². The number of amides is 1. The van der Waals surface area contributed by atoms with Gasteiger partial charge in [-0.2, -0.15) is 0 Å². The quantitative estimate of drug-likeness (QED) is 0.353. The lowest BCUT2D eigenvalue weighted by Gasteiger charge is -2.20. The van der Waals surface area contributed by atoms with Crippen LogP contribution in [-0.2, 0) is 4.79 Å². The molecule has 1 aliphatic heterocycles. The van der Waals surface area contributed by atoms with Crippen LogP contribution in [0.25, 0.3) is 0 Å². The summed E-state index contributed by atoms with van der Waals surface area (Å²) in [6.07, 6.45) is 0. The lowest BCUT2D eigenvalue weighted by atomic mass is 10.4. The molecular formula is C4H6N2O4. The summed E-state index contributed by atoms with van der Waals surface area (Å²) in [5.41, 5.74) is 0. The van der Waals surface area contributed by atoms with Crippen LogP contribution in [0.4, 0.5) is 0 Å². The van der Waals surface area contributed by atoms with Gasteiger partial charge in [-0.05, 0) is 0 Å². The zero-order valence-electron chi connectivity index (χ0n) is 4.90. The lowest BCUT2D eigenvalue weighted by molar-refractivity contribution is -0.140. The van der Waals surface area contributed by atoms with Gasteiger partial charge in [-0.3, -0.25) is 10.0 Å². The Morgan fingerprint density at radius 1 is 1.50 bits per heavy atom. The summed E-state index contributed by atoms with van der Waals surface area (Å²) in [5.74, 6) is -2.51. The number of nitrogens with zero attached hydrogens (tertiary/aromatic N) is 1. The van der Waals surface area contributed by atoms with Crippen LogP contribution < -0.4 is 5.32 Å². The first-order valence-electron chi connectivity index (χ1n) is 2.49. The van der Waals surface area contributed by atoms with Gasteiger partial charge in [0.25, 0.3) is 11.8 Å². The average molecular weight is 146 g/mol. The monoisotopic (exact) mass is 146 g/mol. The molecular weight excluding hydrogens is 140 g/mol. The summed E-state index contributed by atoms with van der Waals surface area (Å²) < 4.78 is 0. The van der Waals surface area contributed by atoms with Crippen molar-refractivity contribution < 1.29 is 20.2 Å². The highest BCUT2D eigenvalue weighted by Gasteiger charge is 2.23. The molecule has 0 atom stereocenters. The van der Waals surface area contributed by atoms with Crippen molar-refractivity contribution in [1.82, 2.24) is 10.4 Å². The smallest absolute Gasteiger partial charge is 0.293 e. The summed E-state index contributed by atoms with van der Waals surface area (Å²) in [6, 6.07) is 0. The molecule has 0 saturated heterocycles. The fraction of sp³-hybridized carbons (Fsp3) is 0.250. The van der Waals surface area contributed by atoms with Gasteiger partial charge in [-0.1, -0.05) is 0 Å². The number of carbonyl (C=O) groups is 1. The number of aliphatic hydroxyl groups is 2. The minimum Gasteiger partial charge on any atom is -0.499 e. The van der Waals surface area contributed by atoms with Crippen molar-refractivity contribution >= 4 is 5.91 Å². The molecule has 6 heteroatoms. The number of carbonyl (C=O) groups excluding carboxylic acids is 1. The number of hydrogen-bond acceptors (Lipinski definition) is 5. The van der Waals surface area contributed by atoms with Gasteiger partial charge >= 0.3 is 0 Å². The van der Waals surface area contributed by atoms with E-state index in [0.29, 0.717) is 5.06 Å². The number of hydroxylamine groups is 2. The van der Waals surface area contributed by atoms with Gasteiger partial charge in [0.15, 0.2) is 0 Å². The van der Waals surface area contributed by atoms with Crippen molar-refractivity contribution in [3.8, 4) is 0 Å². The maximum atomic E-state index is 10.4. The van der Waals surface area contributed by atoms with Gasteiger partial charge in [-0.15, -0.1) is 0 Å². The SMILES string of the molecule is O=C1NCN(O)C(O)=C1O. The van der Waals surface area contributed by atoms with E-state index in [1.54, 1.807) is 0 Å². The molecule has 0 aromatic rings. The highest BCUT2D eigenvalue weighted by molar-refractivity contribution is 5.91. The molecule has 0 fully saturated rings. The predicted octanol–water partition coefficient (Wildman–Crippen LogP) is -0.950. The van der Waals surface area contributed by atoms with Crippen LogP contribution >= 0.6 is 0 Å². The van der Waals surface area contributed by atoms with Gasteiger partial charge in [0, 0.05) is 0 Å². The first-order chi connectivity index (χ1) is 4.63. The maximum Gasteiger partial charge on any atom is 0.293 e. The Morgan fingerprint density at radius 2 is 2.10 bits per heavy atom. The van der Waals surface area contributed by atoms with E-state index in [2.05, 4.69) is 5.32 Å². The Labute approximate surface area is 55.9 Å². The van der Waals surface area contributed by atoms with E-state index in [4.69, 9.17) is 15.4 Å². The topological polar surface area (TPSA) is 93.0 Å². The maximum absolute atomic E-state index is 10.4. The van der Waals surface area contributed by atoms with Gasteiger partial charge in [0.05, 0.1) is 0 Å². The van der Waals surface area contributed by atoms with E-state index < -0.39 is 17.5 Å². The first kappa shape index (κ1) is 6.69. The van der Waals surface area contributed by atoms with Gasteiger partial charge in [-0.25, -0.2) is 5.06 Å². The van der Waals surface area contributed by atoms with Gasteiger partial charge in [0.2, 0.25) is 5.76 Å². The minimum atomic E-state index is -0.881. The fourth-order valence-electron chi connectivity index (χ4n) is 0.529. The summed E-state index contributed by atoms with van der Waals surface area (Å²) in [7, 11) is 0. The Hall–Kier alpha value is -1.43. The molecule has 1 rings (SSSR count). The Bertz CT molecular complexity index is 199. The van der Waals surface area contributed by atoms with Crippen LogP contribution in [-0.4, -0.2) is 33.1 Å². The highest BCUT2D eigenvalue weighted by atomic mass is 16.5. The number of nitrogens with one attached hydrogen (secondary N) is 1. The van der Waals surface area contributed by atoms with E-state index >= 15 is 0 Å². The largest absolute Gasteiger partial charge is 0.499 e. The van der Waals surface area contributed by atoms with Crippen LogP contribution in [0.15, 0.2) is 11.6 Å². The van der Waals surface area contributed by atoms with E-state index in [1.807, 2.05) is 0 Å². The second-order valence-corrected chi connectivity index (χ2v) is 1.74. The van der Waals surface area contributed by atoms with Gasteiger partial charge in [0.1, 0.15) is 6.67 Å². The van der Waals surface area contributed by atoms with Crippen molar-refractivity contribution in [2.24, 2.45) is 0 Å². The zero-order chi connectivity index (χ0) is 7.72. The van der Waals surface area contributed by atoms with Crippen LogP contribution in [0.2, 0.25) is 0 Å². The third-order valence-corrected chi connectivity index (χ3v) is 1.06. The van der Waals surface area contributed by atoms with E-state index in [9.17, 15) is 4.79 Å². The number of hydrogen-bond donors (Lipinski definition) is 4. The molecule has 0 aromatic heterocycles. The molecule has 0 aliphatic carbocycles. The van der Waals surface area contributed by atoms with Crippen molar-refractivity contribution in [2.75, 3.05) is 6.67 Å². The third-order valence-electron chi connectivity index (χ3n) is 1.06. The molecule has 1 heterocycles. The van der Waals surface area contributed by atoms with Crippen LogP contribution in [0.3, 0.4) is 0 Å². The van der Waals surface area contributed by atoms with E-state index in [0.717, 1.165) is 0 Å². The zero-order valence-corrected chi connectivity index (χ0v) is 4.90. The minimum absolute atomic E-state index is 0.227. The van der Waals surface area contributed by atoms with Crippen molar-refractivity contribution in [3.63, 3.8) is 0 Å². The molecule has 4 N–H and O–H groups in total. The number of rotatable bonds is 0. The second-order valence-electron chi connectivity index (χ2n) is 1.74. The summed E-state index contributed by atoms with van der Waals surface area (Å²) in [5, 5.41) is 28.3. The Balaban J connectivity index is 2.92. The normalized spacial score (nSPS) is 19.3. The Morgan fingerprint density at radius 3 is 2.60 bits per heavy atom. The summed E-state index contributed by atoms with van der Waals surface area (Å²) >= 11 is 0. The standard InChI is InChI=1S/C4H6N2O4/c7-2-3(8)5-1-6(10)4(2)9/h7,9-10H,1H2,(H,5,8). The molecule has 0 radical (unpaired) electrons. The summed E-state index contributed by atoms with van der Waals surface area (Å²) in [4.78, 5) is 10.4. The average Bonchev–Trinajstić information content (AvgIpc) is 1.93. The van der Waals surface area contributed by atoms with Crippen molar-refractivity contribution in [2.45, 2.75) is 0 Å². The second kappa shape index (κ2) is 2.07. The molecule has 6 nitrogen and oxygen atoms in total. The molecule has 0 unspecified atom stereocenters. The molecule has 10 heavy (non-hydrogen) atoms. The molecule has 56 valence electrons. The molecule has 0 bridgehead atoms. The molecule has 1 aliphatic rings. The van der Waals surface area contributed by atoms with Gasteiger partial charge < -0.3 is 15.5 Å². The molecule has 0 aromatic carbocycles. The fourth-order valence-corrected chi connectivity index (χ4v) is 0.529. The van der Waals surface area contributed by atoms with Crippen LogP contribution in [0.1, 0.15) is 0 Å². The number of aliphatic hydroxyl groups excluding tert-OH is 2. The molecule has 1 amide bonds. The van der Waals surface area contributed by atoms with Crippen molar-refractivity contribution in [1.29, 1.82) is 0 Å². The third kappa shape index (κ3) is 0.841. The van der Waals surface area contributed by atoms with Crippen LogP contribution in [0.5, 0.6) is 0 Å².